The van der Waals surface area contributed by atoms with Crippen LogP contribution in [0.25, 0.3) is 5.78 Å². The molecule has 2 aromatic heterocycles. The fourth-order valence-corrected chi connectivity index (χ4v) is 4.61. The zero-order valence-electron chi connectivity index (χ0n) is 15.7. The number of nitrogens with zero attached hydrogens (tertiary/aromatic N) is 4. The molecule has 10 heteroatoms. The number of rotatable bonds is 3. The van der Waals surface area contributed by atoms with E-state index in [0.29, 0.717) is 17.0 Å². The zero-order valence-corrected chi connectivity index (χ0v) is 16.6. The van der Waals surface area contributed by atoms with Crippen molar-refractivity contribution in [3.8, 4) is 0 Å². The number of aryl methyl sites for hydroxylation is 2. The molecule has 0 saturated carbocycles. The van der Waals surface area contributed by atoms with Gasteiger partial charge in [-0.3, -0.25) is 4.79 Å². The fraction of sp³-hybridized carbons (Fsp3) is 0.368. The first-order valence-corrected chi connectivity index (χ1v) is 10.0. The lowest BCUT2D eigenvalue weighted by Crippen LogP contribution is -2.32. The molecule has 1 atom stereocenters. The van der Waals surface area contributed by atoms with E-state index >= 15 is 0 Å². The van der Waals surface area contributed by atoms with Crippen LogP contribution in [0.4, 0.5) is 13.2 Å². The Bertz CT molecular complexity index is 1100. The lowest BCUT2D eigenvalue weighted by Gasteiger charge is -2.26. The number of aromatic nitrogens is 4. The van der Waals surface area contributed by atoms with Crippen molar-refractivity contribution in [3.05, 3.63) is 52.6 Å². The number of carbonyl (C=O) groups is 1. The van der Waals surface area contributed by atoms with Crippen molar-refractivity contribution >= 4 is 23.4 Å². The third-order valence-corrected chi connectivity index (χ3v) is 6.06. The van der Waals surface area contributed by atoms with Gasteiger partial charge >= 0.3 is 6.18 Å². The minimum absolute atomic E-state index is 0.00757. The smallest absolute Gasteiger partial charge is 0.349 e. The average molecular weight is 421 g/mol. The Balaban J connectivity index is 1.59. The topological polar surface area (TPSA) is 72.2 Å². The number of nitrogens with one attached hydrogen (secondary N) is 1. The van der Waals surface area contributed by atoms with E-state index in [0.717, 1.165) is 27.1 Å². The predicted octanol–water partition coefficient (Wildman–Crippen LogP) is 3.66. The first-order chi connectivity index (χ1) is 13.7. The zero-order chi connectivity index (χ0) is 20.8. The second-order valence-electron chi connectivity index (χ2n) is 6.88. The van der Waals surface area contributed by atoms with Gasteiger partial charge in [-0.2, -0.15) is 18.2 Å². The number of benzene rings is 1. The first kappa shape index (κ1) is 19.7. The van der Waals surface area contributed by atoms with Gasteiger partial charge in [0.1, 0.15) is 0 Å². The van der Waals surface area contributed by atoms with Crippen LogP contribution in [0.3, 0.4) is 0 Å². The Morgan fingerprint density at radius 3 is 2.79 bits per heavy atom. The van der Waals surface area contributed by atoms with Crippen LogP contribution in [0, 0.1) is 13.8 Å². The lowest BCUT2D eigenvalue weighted by atomic mass is 10.0. The van der Waals surface area contributed by atoms with Gasteiger partial charge in [-0.05, 0) is 31.9 Å². The van der Waals surface area contributed by atoms with E-state index in [2.05, 4.69) is 20.4 Å². The second-order valence-corrected chi connectivity index (χ2v) is 8.01. The number of carbonyl (C=O) groups excluding carboxylic acids is 1. The fourth-order valence-electron chi connectivity index (χ4n) is 3.48. The SMILES string of the molecule is Cc1nc2nc(C(F)(F)F)nn2c(C)c1CC(=O)N[C@@H]1CCSc2ccccc21. The largest absolute Gasteiger partial charge is 0.453 e. The molecule has 1 amide bonds. The van der Waals surface area contributed by atoms with Crippen LogP contribution in [-0.2, 0) is 17.4 Å². The molecule has 3 heterocycles. The first-order valence-electron chi connectivity index (χ1n) is 9.05. The second kappa shape index (κ2) is 7.33. The van der Waals surface area contributed by atoms with Crippen LogP contribution in [0.2, 0.25) is 0 Å². The van der Waals surface area contributed by atoms with Crippen LogP contribution in [-0.4, -0.2) is 31.2 Å². The van der Waals surface area contributed by atoms with E-state index in [1.54, 1.807) is 25.6 Å². The van der Waals surface area contributed by atoms with Crippen molar-refractivity contribution in [2.75, 3.05) is 5.75 Å². The summed E-state index contributed by atoms with van der Waals surface area (Å²) in [7, 11) is 0. The molecule has 6 nitrogen and oxygen atoms in total. The normalized spacial score (nSPS) is 16.7. The minimum atomic E-state index is -4.65. The Hall–Kier alpha value is -2.62. The summed E-state index contributed by atoms with van der Waals surface area (Å²) in [4.78, 5) is 21.4. The highest BCUT2D eigenvalue weighted by molar-refractivity contribution is 7.99. The van der Waals surface area contributed by atoms with Crippen LogP contribution in [0.1, 0.15) is 40.8 Å². The summed E-state index contributed by atoms with van der Waals surface area (Å²) in [6.07, 6.45) is -3.83. The number of alkyl halides is 3. The molecule has 1 aliphatic heterocycles. The van der Waals surface area contributed by atoms with Gasteiger partial charge in [0.25, 0.3) is 11.6 Å². The van der Waals surface area contributed by atoms with E-state index < -0.39 is 12.0 Å². The molecule has 0 fully saturated rings. The van der Waals surface area contributed by atoms with Gasteiger partial charge in [0.05, 0.1) is 12.5 Å². The summed E-state index contributed by atoms with van der Waals surface area (Å²) >= 11 is 1.76. The number of hydrogen-bond donors (Lipinski definition) is 1. The van der Waals surface area contributed by atoms with E-state index in [-0.39, 0.29) is 24.1 Å². The molecule has 0 bridgehead atoms. The molecule has 1 aromatic carbocycles. The average Bonchev–Trinajstić information content (AvgIpc) is 3.10. The third-order valence-electron chi connectivity index (χ3n) is 4.93. The van der Waals surface area contributed by atoms with Crippen molar-refractivity contribution < 1.29 is 18.0 Å². The molecule has 1 aliphatic rings. The van der Waals surface area contributed by atoms with E-state index in [1.165, 1.54) is 0 Å². The Morgan fingerprint density at radius 2 is 2.03 bits per heavy atom. The van der Waals surface area contributed by atoms with Gasteiger partial charge in [-0.15, -0.1) is 16.9 Å². The molecule has 1 N–H and O–H groups in total. The molecule has 0 saturated heterocycles. The van der Waals surface area contributed by atoms with Crippen LogP contribution in [0.15, 0.2) is 29.2 Å². The van der Waals surface area contributed by atoms with E-state index in [9.17, 15) is 18.0 Å². The molecule has 0 radical (unpaired) electrons. The molecular formula is C19H18F3N5OS. The summed E-state index contributed by atoms with van der Waals surface area (Å²) in [6, 6.07) is 7.87. The van der Waals surface area contributed by atoms with Crippen molar-refractivity contribution in [1.82, 2.24) is 24.9 Å². The Morgan fingerprint density at radius 1 is 1.28 bits per heavy atom. The van der Waals surface area contributed by atoms with Gasteiger partial charge in [-0.25, -0.2) is 9.50 Å². The van der Waals surface area contributed by atoms with Crippen LogP contribution in [0.5, 0.6) is 0 Å². The summed E-state index contributed by atoms with van der Waals surface area (Å²) in [5.74, 6) is -0.674. The van der Waals surface area contributed by atoms with Crippen molar-refractivity contribution in [3.63, 3.8) is 0 Å². The molecule has 0 spiro atoms. The maximum Gasteiger partial charge on any atom is 0.453 e. The quantitative estimate of drug-likeness (QED) is 0.699. The van der Waals surface area contributed by atoms with Gasteiger partial charge in [-0.1, -0.05) is 18.2 Å². The van der Waals surface area contributed by atoms with Crippen LogP contribution < -0.4 is 5.32 Å². The van der Waals surface area contributed by atoms with Gasteiger partial charge < -0.3 is 5.32 Å². The summed E-state index contributed by atoms with van der Waals surface area (Å²) < 4.78 is 39.8. The number of amides is 1. The molecule has 29 heavy (non-hydrogen) atoms. The maximum atomic E-state index is 12.9. The lowest BCUT2D eigenvalue weighted by molar-refractivity contribution is -0.144. The number of hydrogen-bond acceptors (Lipinski definition) is 5. The number of fused-ring (bicyclic) bond motifs is 2. The highest BCUT2D eigenvalue weighted by atomic mass is 32.2. The summed E-state index contributed by atoms with van der Waals surface area (Å²) in [5, 5.41) is 6.57. The van der Waals surface area contributed by atoms with E-state index in [1.807, 2.05) is 24.3 Å². The highest BCUT2D eigenvalue weighted by Crippen LogP contribution is 2.35. The molecule has 152 valence electrons. The Kier molecular flexibility index (Phi) is 4.97. The van der Waals surface area contributed by atoms with Gasteiger partial charge in [0, 0.05) is 27.6 Å². The number of halogens is 3. The monoisotopic (exact) mass is 421 g/mol. The van der Waals surface area contributed by atoms with Crippen LogP contribution >= 0.6 is 11.8 Å². The minimum Gasteiger partial charge on any atom is -0.349 e. The van der Waals surface area contributed by atoms with Crippen molar-refractivity contribution in [1.29, 1.82) is 0 Å². The van der Waals surface area contributed by atoms with Gasteiger partial charge in [0.15, 0.2) is 0 Å². The molecular weight excluding hydrogens is 403 g/mol. The molecule has 0 aliphatic carbocycles. The summed E-state index contributed by atoms with van der Waals surface area (Å²) in [5.41, 5.74) is 2.52. The molecule has 3 aromatic rings. The van der Waals surface area contributed by atoms with E-state index in [4.69, 9.17) is 0 Å². The van der Waals surface area contributed by atoms with Crippen molar-refractivity contribution in [2.24, 2.45) is 0 Å². The van der Waals surface area contributed by atoms with Gasteiger partial charge in [0.2, 0.25) is 5.91 Å². The Labute approximate surface area is 168 Å². The molecule has 4 rings (SSSR count). The highest BCUT2D eigenvalue weighted by Gasteiger charge is 2.37. The molecule has 0 unspecified atom stereocenters. The van der Waals surface area contributed by atoms with Crippen molar-refractivity contribution in [2.45, 2.75) is 43.8 Å². The maximum absolute atomic E-state index is 12.9. The number of thioether (sulfide) groups is 1. The summed E-state index contributed by atoms with van der Waals surface area (Å²) in [6.45, 7) is 3.27. The standard InChI is InChI=1S/C19H18F3N5OS/c1-10-13(11(2)27-18(23-10)25-17(26-27)19(20,21)22)9-16(28)24-14-7-8-29-15-6-4-3-5-12(14)15/h3-6,14H,7-9H2,1-2H3,(H,24,28)/t14-/m1/s1. The third kappa shape index (κ3) is 3.81. The predicted molar refractivity (Wildman–Crippen MR) is 102 cm³/mol.